The van der Waals surface area contributed by atoms with Gasteiger partial charge in [0.25, 0.3) is 0 Å². The molecule has 1 atom stereocenters. The van der Waals surface area contributed by atoms with Crippen LogP contribution in [-0.2, 0) is 9.84 Å². The van der Waals surface area contributed by atoms with E-state index in [4.69, 9.17) is 16.3 Å². The Hall–Kier alpha value is -1.41. The molecule has 0 saturated heterocycles. The summed E-state index contributed by atoms with van der Waals surface area (Å²) in [5.74, 6) is -0.195. The smallest absolute Gasteiger partial charge is 0.306 e. The topological polar surface area (TPSA) is 99.4 Å². The molecule has 0 aliphatic heterocycles. The van der Waals surface area contributed by atoms with Crippen LogP contribution in [0.4, 0.5) is 5.69 Å². The van der Waals surface area contributed by atoms with Gasteiger partial charge in [-0.15, -0.1) is 11.6 Å². The molecule has 0 bridgehead atoms. The summed E-state index contributed by atoms with van der Waals surface area (Å²) in [7, 11) is -2.67. The van der Waals surface area contributed by atoms with Crippen LogP contribution in [0.25, 0.3) is 0 Å². The van der Waals surface area contributed by atoms with Gasteiger partial charge < -0.3 is 4.74 Å². The molecular formula is C9H11ClN2O5S. The first-order chi connectivity index (χ1) is 8.34. The molecule has 0 radical (unpaired) electrons. The van der Waals surface area contributed by atoms with Gasteiger partial charge in [0.15, 0.2) is 0 Å². The Bertz CT molecular complexity index is 560. The Kier molecular flexibility index (Phi) is 4.47. The third-order valence-corrected chi connectivity index (χ3v) is 4.95. The molecule has 0 saturated carbocycles. The van der Waals surface area contributed by atoms with Gasteiger partial charge in [0, 0.05) is 18.0 Å². The summed E-state index contributed by atoms with van der Waals surface area (Å²) in [4.78, 5) is 13.6. The molecule has 7 nitrogen and oxygen atoms in total. The molecule has 0 aliphatic rings. The number of hydrogen-bond donors (Lipinski definition) is 0. The van der Waals surface area contributed by atoms with Crippen molar-refractivity contribution in [2.75, 3.05) is 13.0 Å². The highest BCUT2D eigenvalue weighted by atomic mass is 35.5. The number of rotatable bonds is 5. The maximum Gasteiger partial charge on any atom is 0.306 e. The van der Waals surface area contributed by atoms with Gasteiger partial charge in [-0.3, -0.25) is 10.1 Å². The molecule has 100 valence electrons. The lowest BCUT2D eigenvalue weighted by atomic mass is 10.4. The largest absolute Gasteiger partial charge is 0.481 e. The van der Waals surface area contributed by atoms with Crippen LogP contribution >= 0.6 is 11.6 Å². The molecule has 1 aromatic rings. The van der Waals surface area contributed by atoms with E-state index in [0.717, 1.165) is 6.07 Å². The van der Waals surface area contributed by atoms with Crippen LogP contribution in [0.5, 0.6) is 5.88 Å². The van der Waals surface area contributed by atoms with E-state index >= 15 is 0 Å². The average molecular weight is 295 g/mol. The van der Waals surface area contributed by atoms with Crippen molar-refractivity contribution in [3.8, 4) is 5.88 Å². The average Bonchev–Trinajstić information content (AvgIpc) is 2.36. The fourth-order valence-electron chi connectivity index (χ4n) is 1.15. The van der Waals surface area contributed by atoms with Crippen molar-refractivity contribution < 1.29 is 18.1 Å². The predicted molar refractivity (Wildman–Crippen MR) is 64.8 cm³/mol. The number of aromatic nitrogens is 1. The lowest BCUT2D eigenvalue weighted by Crippen LogP contribution is -2.22. The summed E-state index contributed by atoms with van der Waals surface area (Å²) in [6.45, 7) is 1.35. The highest BCUT2D eigenvalue weighted by molar-refractivity contribution is 7.92. The van der Waals surface area contributed by atoms with Gasteiger partial charge in [0.2, 0.25) is 20.7 Å². The van der Waals surface area contributed by atoms with Crippen molar-refractivity contribution in [1.82, 2.24) is 4.98 Å². The maximum absolute atomic E-state index is 12.0. The summed E-state index contributed by atoms with van der Waals surface area (Å²) in [6.07, 6.45) is 0. The minimum Gasteiger partial charge on any atom is -0.481 e. The Morgan fingerprint density at radius 2 is 2.17 bits per heavy atom. The number of halogens is 1. The molecule has 1 aromatic heterocycles. The van der Waals surface area contributed by atoms with Crippen LogP contribution in [0.1, 0.15) is 6.92 Å². The Balaban J connectivity index is 3.50. The molecule has 0 amide bonds. The van der Waals surface area contributed by atoms with Gasteiger partial charge >= 0.3 is 5.69 Å². The second-order valence-corrected chi connectivity index (χ2v) is 6.03. The summed E-state index contributed by atoms with van der Waals surface area (Å²) >= 11 is 5.48. The summed E-state index contributed by atoms with van der Waals surface area (Å²) in [6, 6.07) is 2.27. The van der Waals surface area contributed by atoms with E-state index in [1.165, 1.54) is 20.1 Å². The number of nitrogens with zero attached hydrogens (tertiary/aromatic N) is 2. The quantitative estimate of drug-likeness (QED) is 0.462. The lowest BCUT2D eigenvalue weighted by molar-refractivity contribution is -0.388. The third-order valence-electron chi connectivity index (χ3n) is 2.24. The van der Waals surface area contributed by atoms with Crippen molar-refractivity contribution in [2.45, 2.75) is 17.2 Å². The first kappa shape index (κ1) is 14.7. The van der Waals surface area contributed by atoms with E-state index in [2.05, 4.69) is 4.98 Å². The first-order valence-corrected chi connectivity index (χ1v) is 6.92. The number of nitro groups is 1. The number of ether oxygens (including phenoxy) is 1. The monoisotopic (exact) mass is 294 g/mol. The fourth-order valence-corrected chi connectivity index (χ4v) is 2.85. The summed E-state index contributed by atoms with van der Waals surface area (Å²) < 4.78 is 28.9. The highest BCUT2D eigenvalue weighted by Crippen LogP contribution is 2.27. The standard InChI is InChI=1S/C9H11ClN2O5S/c1-6(5-10)18(15,16)9-7(12(13)14)3-4-8(11-9)17-2/h3-4,6H,5H2,1-2H3. The minimum atomic E-state index is -3.96. The van der Waals surface area contributed by atoms with Gasteiger partial charge in [-0.1, -0.05) is 0 Å². The molecule has 1 unspecified atom stereocenters. The number of sulfone groups is 1. The van der Waals surface area contributed by atoms with Gasteiger partial charge in [-0.2, -0.15) is 4.98 Å². The predicted octanol–water partition coefficient (Wildman–Crippen LogP) is 1.40. The fraction of sp³-hybridized carbons (Fsp3) is 0.444. The van der Waals surface area contributed by atoms with Gasteiger partial charge in [0.1, 0.15) is 0 Å². The van der Waals surface area contributed by atoms with Crippen LogP contribution in [0.3, 0.4) is 0 Å². The van der Waals surface area contributed by atoms with Crippen molar-refractivity contribution in [1.29, 1.82) is 0 Å². The van der Waals surface area contributed by atoms with Crippen molar-refractivity contribution in [3.63, 3.8) is 0 Å². The minimum absolute atomic E-state index is 0.0130. The van der Waals surface area contributed by atoms with Crippen LogP contribution in [0.2, 0.25) is 0 Å². The molecule has 18 heavy (non-hydrogen) atoms. The number of methoxy groups -OCH3 is 1. The summed E-state index contributed by atoms with van der Waals surface area (Å²) in [5, 5.41) is 9.21. The SMILES string of the molecule is COc1ccc([N+](=O)[O-])c(S(=O)(=O)C(C)CCl)n1. The normalized spacial score (nSPS) is 13.1. The van der Waals surface area contributed by atoms with E-state index in [9.17, 15) is 18.5 Å². The number of hydrogen-bond acceptors (Lipinski definition) is 6. The van der Waals surface area contributed by atoms with Crippen molar-refractivity contribution >= 4 is 27.1 Å². The summed E-state index contributed by atoms with van der Waals surface area (Å²) in [5.41, 5.74) is -0.590. The van der Waals surface area contributed by atoms with Crippen LogP contribution < -0.4 is 4.74 Å². The second kappa shape index (κ2) is 5.49. The van der Waals surface area contributed by atoms with E-state index < -0.39 is 30.7 Å². The molecule has 0 N–H and O–H groups in total. The molecule has 0 aliphatic carbocycles. The molecule has 0 spiro atoms. The van der Waals surface area contributed by atoms with Gasteiger partial charge in [0.05, 0.1) is 17.3 Å². The highest BCUT2D eigenvalue weighted by Gasteiger charge is 2.32. The van der Waals surface area contributed by atoms with Gasteiger partial charge in [-0.05, 0) is 6.92 Å². The third kappa shape index (κ3) is 2.70. The van der Waals surface area contributed by atoms with E-state index in [1.54, 1.807) is 0 Å². The maximum atomic E-state index is 12.0. The van der Waals surface area contributed by atoms with Crippen LogP contribution in [0.15, 0.2) is 17.2 Å². The molecular weight excluding hydrogens is 284 g/mol. The molecule has 0 fully saturated rings. The molecule has 9 heteroatoms. The number of alkyl halides is 1. The van der Waals surface area contributed by atoms with E-state index in [-0.39, 0.29) is 11.8 Å². The van der Waals surface area contributed by atoms with Crippen molar-refractivity contribution in [2.24, 2.45) is 0 Å². The van der Waals surface area contributed by atoms with E-state index in [0.29, 0.717) is 0 Å². The van der Waals surface area contributed by atoms with Gasteiger partial charge in [-0.25, -0.2) is 8.42 Å². The molecule has 1 rings (SSSR count). The van der Waals surface area contributed by atoms with Crippen LogP contribution in [-0.4, -0.2) is 36.6 Å². The van der Waals surface area contributed by atoms with Crippen LogP contribution in [0, 0.1) is 10.1 Å². The Morgan fingerprint density at radius 1 is 1.56 bits per heavy atom. The molecule has 0 aromatic carbocycles. The first-order valence-electron chi connectivity index (χ1n) is 4.84. The van der Waals surface area contributed by atoms with Crippen molar-refractivity contribution in [3.05, 3.63) is 22.2 Å². The zero-order valence-corrected chi connectivity index (χ0v) is 11.2. The molecule has 1 heterocycles. The second-order valence-electron chi connectivity index (χ2n) is 3.44. The lowest BCUT2D eigenvalue weighted by Gasteiger charge is -2.10. The van der Waals surface area contributed by atoms with E-state index in [1.807, 2.05) is 0 Å². The Labute approximate surface area is 109 Å². The zero-order valence-electron chi connectivity index (χ0n) is 9.66. The Morgan fingerprint density at radius 3 is 2.61 bits per heavy atom. The zero-order chi connectivity index (χ0) is 13.9. The number of pyridine rings is 1.